The van der Waals surface area contributed by atoms with Crippen molar-refractivity contribution in [1.82, 2.24) is 15.6 Å². The van der Waals surface area contributed by atoms with Gasteiger partial charge in [0.25, 0.3) is 0 Å². The predicted octanol–water partition coefficient (Wildman–Crippen LogP) is 2.77. The quantitative estimate of drug-likeness (QED) is 0.594. The Bertz CT molecular complexity index is 1020. The first-order chi connectivity index (χ1) is 14.0. The van der Waals surface area contributed by atoms with Gasteiger partial charge in [0, 0.05) is 26.3 Å². The lowest BCUT2D eigenvalue weighted by Gasteiger charge is -2.13. The minimum absolute atomic E-state index is 0.0492. The highest BCUT2D eigenvalue weighted by atomic mass is 32.1. The van der Waals surface area contributed by atoms with Crippen LogP contribution in [-0.4, -0.2) is 50.7 Å². The van der Waals surface area contributed by atoms with E-state index in [1.54, 1.807) is 0 Å². The van der Waals surface area contributed by atoms with Crippen molar-refractivity contribution in [2.45, 2.75) is 6.42 Å². The number of carbonyl (C=O) groups is 2. The maximum Gasteiger partial charge on any atom is 0.239 e. The summed E-state index contributed by atoms with van der Waals surface area (Å²) in [6, 6.07) is 14.3. The van der Waals surface area contributed by atoms with Gasteiger partial charge in [-0.2, -0.15) is 0 Å². The maximum atomic E-state index is 12.1. The third kappa shape index (κ3) is 5.51. The number of hydrogen-bond donors (Lipinski definition) is 2. The van der Waals surface area contributed by atoms with Crippen molar-refractivity contribution in [1.29, 1.82) is 0 Å². The first kappa shape index (κ1) is 20.7. The van der Waals surface area contributed by atoms with Crippen molar-refractivity contribution in [3.63, 3.8) is 0 Å². The number of carbonyl (C=O) groups excluding carboxylic acids is 2. The highest BCUT2D eigenvalue weighted by Crippen LogP contribution is 2.30. The van der Waals surface area contributed by atoms with E-state index >= 15 is 0 Å². The largest absolute Gasteiger partial charge is 0.378 e. The molecule has 6 nitrogen and oxygen atoms in total. The van der Waals surface area contributed by atoms with Crippen LogP contribution in [0.3, 0.4) is 0 Å². The summed E-state index contributed by atoms with van der Waals surface area (Å²) < 4.78 is 13.0. The second kappa shape index (κ2) is 9.47. The molecule has 3 aromatic rings. The zero-order valence-corrected chi connectivity index (χ0v) is 17.2. The topological polar surface area (TPSA) is 74.3 Å². The molecule has 2 amide bonds. The van der Waals surface area contributed by atoms with Gasteiger partial charge in [0.1, 0.15) is 11.7 Å². The Hall–Kier alpha value is -3.00. The molecule has 0 bridgehead atoms. The van der Waals surface area contributed by atoms with Crippen LogP contribution < -0.4 is 15.5 Å². The first-order valence-corrected chi connectivity index (χ1v) is 10.0. The van der Waals surface area contributed by atoms with Crippen molar-refractivity contribution >= 4 is 39.1 Å². The number of nitrogens with one attached hydrogen (secondary N) is 2. The Kier molecular flexibility index (Phi) is 6.77. The van der Waals surface area contributed by atoms with Gasteiger partial charge < -0.3 is 15.5 Å². The van der Waals surface area contributed by atoms with E-state index in [-0.39, 0.29) is 25.4 Å². The molecule has 1 heterocycles. The molecule has 2 aromatic carbocycles. The predicted molar refractivity (Wildman–Crippen MR) is 115 cm³/mol. The van der Waals surface area contributed by atoms with Crippen LogP contribution in [0.25, 0.3) is 21.3 Å². The van der Waals surface area contributed by atoms with Crippen molar-refractivity contribution in [3.8, 4) is 11.1 Å². The number of alkyl halides is 1. The minimum Gasteiger partial charge on any atom is -0.378 e. The van der Waals surface area contributed by atoms with Crippen molar-refractivity contribution in [2.75, 3.05) is 38.8 Å². The Labute approximate surface area is 172 Å². The van der Waals surface area contributed by atoms with Gasteiger partial charge in [-0.15, -0.1) is 11.3 Å². The van der Waals surface area contributed by atoms with Crippen LogP contribution in [0.5, 0.6) is 0 Å². The van der Waals surface area contributed by atoms with Crippen LogP contribution in [0.1, 0.15) is 5.01 Å². The van der Waals surface area contributed by atoms with Crippen LogP contribution >= 0.6 is 11.3 Å². The Morgan fingerprint density at radius 3 is 2.62 bits per heavy atom. The smallest absolute Gasteiger partial charge is 0.239 e. The highest BCUT2D eigenvalue weighted by Gasteiger charge is 2.11. The number of anilines is 1. The average Bonchev–Trinajstić information content (AvgIpc) is 3.12. The molecule has 0 saturated carbocycles. The van der Waals surface area contributed by atoms with E-state index in [1.165, 1.54) is 11.3 Å². The molecule has 0 aliphatic carbocycles. The van der Waals surface area contributed by atoms with Crippen molar-refractivity contribution < 1.29 is 14.0 Å². The molecule has 8 heteroatoms. The Morgan fingerprint density at radius 2 is 1.86 bits per heavy atom. The number of fused-ring (bicyclic) bond motifs is 1. The molecule has 152 valence electrons. The van der Waals surface area contributed by atoms with Crippen molar-refractivity contribution in [3.05, 3.63) is 47.5 Å². The number of rotatable bonds is 8. The van der Waals surface area contributed by atoms with E-state index < -0.39 is 12.6 Å². The summed E-state index contributed by atoms with van der Waals surface area (Å²) in [7, 11) is 4.01. The molecule has 0 atom stereocenters. The molecule has 0 spiro atoms. The number of hydrogen-bond acceptors (Lipinski definition) is 5. The van der Waals surface area contributed by atoms with Crippen LogP contribution in [0.2, 0.25) is 0 Å². The summed E-state index contributed by atoms with van der Waals surface area (Å²) in [6.07, 6.45) is 0.0984. The van der Waals surface area contributed by atoms with Gasteiger partial charge in [0.15, 0.2) is 0 Å². The SMILES string of the molecule is CN(C)c1cccc(-c2ccc3nc(CC(=O)NCC(=O)NCCF)sc3c2)c1. The summed E-state index contributed by atoms with van der Waals surface area (Å²) in [5.74, 6) is -0.705. The number of halogens is 1. The van der Waals surface area contributed by atoms with E-state index in [0.717, 1.165) is 27.0 Å². The Morgan fingerprint density at radius 1 is 1.07 bits per heavy atom. The molecule has 0 aliphatic heterocycles. The fourth-order valence-corrected chi connectivity index (χ4v) is 3.82. The minimum atomic E-state index is -0.632. The maximum absolute atomic E-state index is 12.1. The number of amides is 2. The van der Waals surface area contributed by atoms with E-state index in [0.29, 0.717) is 5.01 Å². The normalized spacial score (nSPS) is 10.7. The number of nitrogens with zero attached hydrogens (tertiary/aromatic N) is 2. The van der Waals surface area contributed by atoms with E-state index in [1.807, 2.05) is 32.3 Å². The van der Waals surface area contributed by atoms with Crippen LogP contribution in [-0.2, 0) is 16.0 Å². The summed E-state index contributed by atoms with van der Waals surface area (Å²) >= 11 is 1.46. The second-order valence-corrected chi connectivity index (χ2v) is 7.84. The summed E-state index contributed by atoms with van der Waals surface area (Å²) in [5, 5.41) is 5.57. The monoisotopic (exact) mass is 414 g/mol. The molecule has 0 aliphatic rings. The van der Waals surface area contributed by atoms with E-state index in [2.05, 4.69) is 44.8 Å². The second-order valence-electron chi connectivity index (χ2n) is 6.73. The van der Waals surface area contributed by atoms with E-state index in [9.17, 15) is 14.0 Å². The van der Waals surface area contributed by atoms with Crippen LogP contribution in [0, 0.1) is 0 Å². The average molecular weight is 415 g/mol. The molecule has 2 N–H and O–H groups in total. The first-order valence-electron chi connectivity index (χ1n) is 9.23. The lowest BCUT2D eigenvalue weighted by molar-refractivity contribution is -0.125. The van der Waals surface area contributed by atoms with Gasteiger partial charge >= 0.3 is 0 Å². The van der Waals surface area contributed by atoms with Crippen molar-refractivity contribution in [2.24, 2.45) is 0 Å². The number of benzene rings is 2. The van der Waals surface area contributed by atoms with Gasteiger partial charge in [-0.05, 0) is 35.4 Å². The molecule has 0 fully saturated rings. The summed E-state index contributed by atoms with van der Waals surface area (Å²) in [5.41, 5.74) is 4.17. The number of aromatic nitrogens is 1. The van der Waals surface area contributed by atoms with Crippen LogP contribution in [0.15, 0.2) is 42.5 Å². The molecule has 29 heavy (non-hydrogen) atoms. The van der Waals surface area contributed by atoms with Gasteiger partial charge in [-0.3, -0.25) is 9.59 Å². The molecule has 0 radical (unpaired) electrons. The molecular formula is C21H23FN4O2S. The highest BCUT2D eigenvalue weighted by molar-refractivity contribution is 7.18. The fourth-order valence-electron chi connectivity index (χ4n) is 2.82. The third-order valence-electron chi connectivity index (χ3n) is 4.30. The molecule has 0 saturated heterocycles. The lowest BCUT2D eigenvalue weighted by Crippen LogP contribution is -2.38. The third-order valence-corrected chi connectivity index (χ3v) is 5.32. The molecular weight excluding hydrogens is 391 g/mol. The van der Waals surface area contributed by atoms with E-state index in [4.69, 9.17) is 0 Å². The molecule has 0 unspecified atom stereocenters. The van der Waals surface area contributed by atoms with Gasteiger partial charge in [0.05, 0.1) is 23.2 Å². The summed E-state index contributed by atoms with van der Waals surface area (Å²) in [4.78, 5) is 30.1. The molecule has 3 rings (SSSR count). The molecule has 1 aromatic heterocycles. The van der Waals surface area contributed by atoms with Gasteiger partial charge in [-0.1, -0.05) is 18.2 Å². The number of thiazole rings is 1. The zero-order chi connectivity index (χ0) is 20.8. The summed E-state index contributed by atoms with van der Waals surface area (Å²) in [6.45, 7) is -0.852. The Balaban J connectivity index is 1.68. The van der Waals surface area contributed by atoms with Gasteiger partial charge in [-0.25, -0.2) is 9.37 Å². The van der Waals surface area contributed by atoms with Gasteiger partial charge in [0.2, 0.25) is 11.8 Å². The fraction of sp³-hybridized carbons (Fsp3) is 0.286. The zero-order valence-electron chi connectivity index (χ0n) is 16.4. The standard InChI is InChI=1S/C21H23FN4O2S/c1-26(2)16-5-3-4-14(10-16)15-6-7-17-18(11-15)29-21(25-17)12-19(27)24-13-20(28)23-9-8-22/h3-7,10-11H,8-9,12-13H2,1-2H3,(H,23,28)(H,24,27). The lowest BCUT2D eigenvalue weighted by atomic mass is 10.0. The van der Waals surface area contributed by atoms with Crippen LogP contribution in [0.4, 0.5) is 10.1 Å².